The third kappa shape index (κ3) is 5.74. The average Bonchev–Trinajstić information content (AvgIpc) is 3.59. The molecule has 10 nitrogen and oxygen atoms in total. The highest BCUT2D eigenvalue weighted by Crippen LogP contribution is 2.40. The van der Waals surface area contributed by atoms with Crippen LogP contribution in [0.4, 0.5) is 10.2 Å². The lowest BCUT2D eigenvalue weighted by Crippen LogP contribution is -2.57. The number of aromatic nitrogens is 2. The van der Waals surface area contributed by atoms with Gasteiger partial charge in [-0.25, -0.2) is 4.39 Å². The average molecular weight is 641 g/mol. The molecule has 0 spiro atoms. The number of likely N-dealkylation sites (N-methyl/N-ethyl adjacent to an activating group) is 1. The fraction of sp³-hybridized carbons (Fsp3) is 0.472. The molecule has 0 radical (unpaired) electrons. The summed E-state index contributed by atoms with van der Waals surface area (Å²) in [7, 11) is 2.10. The highest BCUT2D eigenvalue weighted by molar-refractivity contribution is 6.01. The quantitative estimate of drug-likeness (QED) is 0.318. The number of carbonyl (C=O) groups is 1. The van der Waals surface area contributed by atoms with Gasteiger partial charge < -0.3 is 29.3 Å². The van der Waals surface area contributed by atoms with Gasteiger partial charge in [-0.05, 0) is 73.8 Å². The molecular weight excluding hydrogens is 599 g/mol. The number of nitrogens with zero attached hydrogens (tertiary/aromatic N) is 6. The van der Waals surface area contributed by atoms with Crippen molar-refractivity contribution < 1.29 is 23.8 Å². The number of carbonyl (C=O) groups excluding carboxylic acids is 1. The number of hydrogen-bond acceptors (Lipinski definition) is 9. The lowest BCUT2D eigenvalue weighted by molar-refractivity contribution is -0.137. The van der Waals surface area contributed by atoms with E-state index in [4.69, 9.17) is 14.5 Å². The summed E-state index contributed by atoms with van der Waals surface area (Å²) >= 11 is 0. The molecule has 4 fully saturated rings. The number of ether oxygens (including phenoxy) is 2. The lowest BCUT2D eigenvalue weighted by Gasteiger charge is -2.42. The molecule has 2 bridgehead atoms. The van der Waals surface area contributed by atoms with E-state index in [2.05, 4.69) is 26.7 Å². The summed E-state index contributed by atoms with van der Waals surface area (Å²) in [6, 6.07) is 15.4. The first-order valence-corrected chi connectivity index (χ1v) is 16.8. The largest absolute Gasteiger partial charge is 0.508 e. The zero-order chi connectivity index (χ0) is 32.1. The molecule has 4 aliphatic rings. The lowest BCUT2D eigenvalue weighted by atomic mass is 9.96. The molecule has 0 aliphatic carbocycles. The van der Waals surface area contributed by atoms with Crippen LogP contribution in [-0.2, 0) is 9.53 Å². The van der Waals surface area contributed by atoms with Crippen molar-refractivity contribution in [1.29, 1.82) is 0 Å². The summed E-state index contributed by atoms with van der Waals surface area (Å²) in [5.41, 5.74) is 1.17. The van der Waals surface area contributed by atoms with E-state index in [0.29, 0.717) is 74.9 Å². The zero-order valence-corrected chi connectivity index (χ0v) is 26.8. The van der Waals surface area contributed by atoms with Crippen molar-refractivity contribution in [3.8, 4) is 22.9 Å². The molecule has 0 unspecified atom stereocenters. The van der Waals surface area contributed by atoms with E-state index < -0.39 is 5.82 Å². The summed E-state index contributed by atoms with van der Waals surface area (Å²) in [6.07, 6.45) is 4.15. The van der Waals surface area contributed by atoms with Crippen molar-refractivity contribution >= 4 is 33.4 Å². The number of halogens is 1. The number of likely N-dealkylation sites (tertiary alicyclic amines) is 1. The Hall–Kier alpha value is -4.06. The fourth-order valence-corrected chi connectivity index (χ4v) is 8.01. The number of rotatable bonds is 7. The Labute approximate surface area is 273 Å². The maximum Gasteiger partial charge on any atom is 0.319 e. The predicted octanol–water partition coefficient (Wildman–Crippen LogP) is 4.28. The van der Waals surface area contributed by atoms with Crippen molar-refractivity contribution in [3.63, 3.8) is 0 Å². The number of aromatic hydroxyl groups is 1. The van der Waals surface area contributed by atoms with E-state index in [-0.39, 0.29) is 41.3 Å². The molecule has 1 amide bonds. The van der Waals surface area contributed by atoms with E-state index in [1.165, 1.54) is 0 Å². The zero-order valence-electron chi connectivity index (χ0n) is 26.8. The van der Waals surface area contributed by atoms with Crippen LogP contribution in [-0.4, -0.2) is 120 Å². The van der Waals surface area contributed by atoms with Crippen molar-refractivity contribution in [2.75, 3.05) is 71.0 Å². The molecule has 4 aromatic rings. The van der Waals surface area contributed by atoms with Gasteiger partial charge >= 0.3 is 6.01 Å². The molecule has 5 heterocycles. The first-order valence-electron chi connectivity index (χ1n) is 16.8. The number of phenols is 1. The van der Waals surface area contributed by atoms with Gasteiger partial charge in [0.15, 0.2) is 5.82 Å². The Bertz CT molecular complexity index is 1800. The first kappa shape index (κ1) is 30.3. The summed E-state index contributed by atoms with van der Waals surface area (Å²) in [6.45, 7) is 5.71. The number of phenolic OH excluding ortho intramolecular Hbond substituents is 1. The van der Waals surface area contributed by atoms with Gasteiger partial charge in [0.1, 0.15) is 23.7 Å². The van der Waals surface area contributed by atoms with E-state index in [9.17, 15) is 9.90 Å². The molecule has 1 N–H and O–H groups in total. The normalized spacial score (nSPS) is 23.7. The first-order chi connectivity index (χ1) is 22.9. The molecule has 8 rings (SSSR count). The Morgan fingerprint density at radius 3 is 2.53 bits per heavy atom. The molecule has 4 saturated heterocycles. The van der Waals surface area contributed by atoms with Crippen LogP contribution in [0.3, 0.4) is 0 Å². The summed E-state index contributed by atoms with van der Waals surface area (Å²) < 4.78 is 28.5. The van der Waals surface area contributed by atoms with Crippen LogP contribution < -0.4 is 9.64 Å². The topological polar surface area (TPSA) is 94.5 Å². The van der Waals surface area contributed by atoms with Gasteiger partial charge in [0.25, 0.3) is 0 Å². The Morgan fingerprint density at radius 2 is 1.77 bits per heavy atom. The number of fused-ring (bicyclic) bond motifs is 4. The smallest absolute Gasteiger partial charge is 0.319 e. The molecule has 47 heavy (non-hydrogen) atoms. The Balaban J connectivity index is 1.15. The maximum absolute atomic E-state index is 16.8. The minimum absolute atomic E-state index is 0.0757. The number of hydrogen-bond donors (Lipinski definition) is 1. The van der Waals surface area contributed by atoms with E-state index in [1.54, 1.807) is 18.2 Å². The van der Waals surface area contributed by atoms with Gasteiger partial charge in [0.2, 0.25) is 5.91 Å². The molecule has 3 atom stereocenters. The van der Waals surface area contributed by atoms with Gasteiger partial charge in [-0.15, -0.1) is 0 Å². The minimum atomic E-state index is -0.470. The van der Waals surface area contributed by atoms with E-state index >= 15 is 4.39 Å². The second kappa shape index (κ2) is 12.5. The fourth-order valence-electron chi connectivity index (χ4n) is 8.01. The number of piperazine rings is 1. The van der Waals surface area contributed by atoms with Gasteiger partial charge in [0, 0.05) is 55.3 Å². The van der Waals surface area contributed by atoms with Crippen LogP contribution in [0.2, 0.25) is 0 Å². The monoisotopic (exact) mass is 640 g/mol. The molecule has 0 saturated carbocycles. The van der Waals surface area contributed by atoms with Gasteiger partial charge in [-0.3, -0.25) is 9.69 Å². The molecule has 4 aliphatic heterocycles. The predicted molar refractivity (Wildman–Crippen MR) is 178 cm³/mol. The standard InChI is InChI=1S/C36H41FN6O4/c1-40-12-4-6-26(40)22-47-36-38-34-30(11-10-29(33(34)37)31-18-27(44)17-23-5-2-3-7-28(23)31)35(39-36)42-19-24-8-9-25(20-42)43(24)21-32(45)41-13-15-46-16-14-41/h2-3,5,7,10-11,17-18,24-26,44H,4,6,8-9,12-16,19-22H2,1H3/t24-,25+,26-/m0/s1. The Kier molecular flexibility index (Phi) is 8.07. The van der Waals surface area contributed by atoms with Crippen LogP contribution in [0.5, 0.6) is 11.8 Å². The van der Waals surface area contributed by atoms with Crippen LogP contribution >= 0.6 is 0 Å². The van der Waals surface area contributed by atoms with Crippen LogP contribution in [0.1, 0.15) is 25.7 Å². The molecule has 246 valence electrons. The van der Waals surface area contributed by atoms with Crippen molar-refractivity contribution in [2.45, 2.75) is 43.8 Å². The third-order valence-corrected chi connectivity index (χ3v) is 10.6. The second-order valence-electron chi connectivity index (χ2n) is 13.4. The highest BCUT2D eigenvalue weighted by Gasteiger charge is 2.42. The minimum Gasteiger partial charge on any atom is -0.508 e. The SMILES string of the molecule is CN1CCC[C@H]1COc1nc(N2C[C@H]3CC[C@@H](C2)N3CC(=O)N2CCOCC2)c2ccc(-c3cc(O)cc4ccccc34)c(F)c2n1. The van der Waals surface area contributed by atoms with Crippen molar-refractivity contribution in [2.24, 2.45) is 0 Å². The second-order valence-corrected chi connectivity index (χ2v) is 13.4. The van der Waals surface area contributed by atoms with Crippen molar-refractivity contribution in [1.82, 2.24) is 24.7 Å². The number of anilines is 1. The summed E-state index contributed by atoms with van der Waals surface area (Å²) in [4.78, 5) is 31.6. The molecule has 3 aromatic carbocycles. The number of benzene rings is 3. The highest BCUT2D eigenvalue weighted by atomic mass is 19.1. The maximum atomic E-state index is 16.8. The van der Waals surface area contributed by atoms with E-state index in [1.807, 2.05) is 35.2 Å². The molecule has 11 heteroatoms. The van der Waals surface area contributed by atoms with Crippen LogP contribution in [0, 0.1) is 5.82 Å². The van der Waals surface area contributed by atoms with Gasteiger partial charge in [-0.2, -0.15) is 9.97 Å². The number of morpholine rings is 1. The van der Waals surface area contributed by atoms with Crippen molar-refractivity contribution in [3.05, 3.63) is 54.3 Å². The Morgan fingerprint density at radius 1 is 0.979 bits per heavy atom. The van der Waals surface area contributed by atoms with Crippen LogP contribution in [0.15, 0.2) is 48.5 Å². The molecule has 1 aromatic heterocycles. The number of amides is 1. The van der Waals surface area contributed by atoms with E-state index in [0.717, 1.165) is 43.0 Å². The van der Waals surface area contributed by atoms with Gasteiger partial charge in [-0.1, -0.05) is 30.3 Å². The third-order valence-electron chi connectivity index (χ3n) is 10.6. The summed E-state index contributed by atoms with van der Waals surface area (Å²) in [5.74, 6) is 0.425. The summed E-state index contributed by atoms with van der Waals surface area (Å²) in [5, 5.41) is 12.8. The molecular formula is C36H41FN6O4. The van der Waals surface area contributed by atoms with Gasteiger partial charge in [0.05, 0.1) is 19.8 Å². The van der Waals surface area contributed by atoms with Crippen LogP contribution in [0.25, 0.3) is 32.8 Å².